The van der Waals surface area contributed by atoms with Crippen LogP contribution >= 0.6 is 0 Å². The van der Waals surface area contributed by atoms with Crippen LogP contribution in [0.3, 0.4) is 0 Å². The van der Waals surface area contributed by atoms with Gasteiger partial charge in [-0.25, -0.2) is 8.78 Å². The summed E-state index contributed by atoms with van der Waals surface area (Å²) in [4.78, 5) is 1.80. The molecule has 4 heteroatoms. The Hall–Kier alpha value is -0.220. The third-order valence-corrected chi connectivity index (χ3v) is 2.65. The van der Waals surface area contributed by atoms with Crippen LogP contribution in [0.5, 0.6) is 0 Å². The maximum Gasteiger partial charge on any atom is 0.285 e. The second-order valence-electron chi connectivity index (χ2n) is 3.77. The van der Waals surface area contributed by atoms with E-state index in [4.69, 9.17) is 5.11 Å². The lowest BCUT2D eigenvalue weighted by atomic mass is 10.0. The Morgan fingerprint density at radius 1 is 1.25 bits per heavy atom. The zero-order chi connectivity index (χ0) is 8.77. The van der Waals surface area contributed by atoms with Crippen molar-refractivity contribution in [3.05, 3.63) is 0 Å². The Labute approximate surface area is 70.2 Å². The molecule has 1 N–H and O–H groups in total. The predicted octanol–water partition coefficient (Wildman–Crippen LogP) is 0.851. The van der Waals surface area contributed by atoms with Crippen LogP contribution in [0.4, 0.5) is 8.78 Å². The number of aliphatic hydroxyl groups excluding tert-OH is 1. The number of rotatable bonds is 1. The normalized spacial score (nSPS) is 36.8. The lowest BCUT2D eigenvalue weighted by Gasteiger charge is -2.35. The van der Waals surface area contributed by atoms with E-state index < -0.39 is 12.0 Å². The van der Waals surface area contributed by atoms with E-state index in [1.54, 1.807) is 4.90 Å². The molecule has 12 heavy (non-hydrogen) atoms. The minimum atomic E-state index is -2.89. The lowest BCUT2D eigenvalue weighted by Crippen LogP contribution is -2.52. The minimum Gasteiger partial charge on any atom is -0.387 e. The summed E-state index contributed by atoms with van der Waals surface area (Å²) in [6, 6.07) is 0.378. The van der Waals surface area contributed by atoms with Crippen molar-refractivity contribution in [2.24, 2.45) is 0 Å². The number of aliphatic hydroxyl groups is 1. The molecule has 0 aromatic rings. The maximum absolute atomic E-state index is 12.9. The molecule has 1 aliphatic carbocycles. The average molecular weight is 177 g/mol. The van der Waals surface area contributed by atoms with Crippen LogP contribution in [0.15, 0.2) is 0 Å². The summed E-state index contributed by atoms with van der Waals surface area (Å²) in [5.41, 5.74) is 0. The largest absolute Gasteiger partial charge is 0.387 e. The Kier molecular flexibility index (Phi) is 1.84. The highest BCUT2D eigenvalue weighted by Gasteiger charge is 2.46. The molecule has 0 aromatic carbocycles. The summed E-state index contributed by atoms with van der Waals surface area (Å²) >= 11 is 0. The Bertz CT molecular complexity index is 182. The van der Waals surface area contributed by atoms with E-state index in [0.717, 1.165) is 12.8 Å². The lowest BCUT2D eigenvalue weighted by molar-refractivity contribution is -0.151. The molecular formula is C8H13F2NO. The Morgan fingerprint density at radius 2 is 1.92 bits per heavy atom. The third-order valence-electron chi connectivity index (χ3n) is 2.65. The second-order valence-corrected chi connectivity index (χ2v) is 3.77. The van der Waals surface area contributed by atoms with Crippen molar-refractivity contribution < 1.29 is 13.9 Å². The van der Waals surface area contributed by atoms with Crippen molar-refractivity contribution in [2.75, 3.05) is 13.1 Å². The maximum atomic E-state index is 12.9. The number of hydrogen-bond donors (Lipinski definition) is 1. The molecule has 2 rings (SSSR count). The van der Waals surface area contributed by atoms with Crippen LogP contribution in [0.25, 0.3) is 0 Å². The van der Waals surface area contributed by atoms with Gasteiger partial charge >= 0.3 is 0 Å². The van der Waals surface area contributed by atoms with Crippen molar-refractivity contribution in [1.29, 1.82) is 0 Å². The molecule has 0 radical (unpaired) electrons. The first kappa shape index (κ1) is 8.38. The molecule has 70 valence electrons. The summed E-state index contributed by atoms with van der Waals surface area (Å²) in [5, 5.41) is 8.98. The molecule has 0 spiro atoms. The number of nitrogens with zero attached hydrogens (tertiary/aromatic N) is 1. The van der Waals surface area contributed by atoms with Crippen molar-refractivity contribution in [1.82, 2.24) is 4.90 Å². The van der Waals surface area contributed by atoms with E-state index in [9.17, 15) is 8.78 Å². The Morgan fingerprint density at radius 3 is 2.42 bits per heavy atom. The first-order chi connectivity index (χ1) is 5.59. The fourth-order valence-corrected chi connectivity index (χ4v) is 1.71. The van der Waals surface area contributed by atoms with Crippen LogP contribution in [0.1, 0.15) is 19.3 Å². The fourth-order valence-electron chi connectivity index (χ4n) is 1.71. The molecule has 1 aliphatic heterocycles. The zero-order valence-electron chi connectivity index (χ0n) is 6.84. The van der Waals surface area contributed by atoms with Crippen molar-refractivity contribution in [3.8, 4) is 0 Å². The third kappa shape index (κ3) is 1.45. The summed E-state index contributed by atoms with van der Waals surface area (Å²) in [6.07, 6.45) is 0.884. The molecule has 1 saturated heterocycles. The molecule has 1 atom stereocenters. The van der Waals surface area contributed by atoms with Gasteiger partial charge in [-0.05, 0) is 19.3 Å². The van der Waals surface area contributed by atoms with Gasteiger partial charge in [-0.2, -0.15) is 0 Å². The highest BCUT2D eigenvalue weighted by atomic mass is 19.3. The van der Waals surface area contributed by atoms with Crippen LogP contribution in [-0.4, -0.2) is 41.2 Å². The molecule has 1 unspecified atom stereocenters. The first-order valence-corrected chi connectivity index (χ1v) is 4.39. The van der Waals surface area contributed by atoms with E-state index in [-0.39, 0.29) is 13.0 Å². The van der Waals surface area contributed by atoms with Gasteiger partial charge in [0.2, 0.25) is 0 Å². The molecule has 1 heterocycles. The molecule has 2 nitrogen and oxygen atoms in total. The molecular weight excluding hydrogens is 164 g/mol. The Balaban J connectivity index is 1.97. The zero-order valence-corrected chi connectivity index (χ0v) is 6.84. The molecule has 0 amide bonds. The topological polar surface area (TPSA) is 23.5 Å². The highest BCUT2D eigenvalue weighted by molar-refractivity contribution is 4.93. The van der Waals surface area contributed by atoms with Gasteiger partial charge in [0.1, 0.15) is 6.10 Å². The number of halogens is 2. The van der Waals surface area contributed by atoms with E-state index in [0.29, 0.717) is 12.6 Å². The van der Waals surface area contributed by atoms with Crippen LogP contribution < -0.4 is 0 Å². The van der Waals surface area contributed by atoms with Gasteiger partial charge < -0.3 is 5.11 Å². The summed E-state index contributed by atoms with van der Waals surface area (Å²) in [6.45, 7) is 0.375. The SMILES string of the molecule is OC1CCN(C2CC2)CC1(F)F. The first-order valence-electron chi connectivity index (χ1n) is 4.39. The molecule has 1 saturated carbocycles. The van der Waals surface area contributed by atoms with Crippen molar-refractivity contribution in [3.63, 3.8) is 0 Å². The number of piperidine rings is 1. The van der Waals surface area contributed by atoms with Crippen molar-refractivity contribution in [2.45, 2.75) is 37.3 Å². The predicted molar refractivity (Wildman–Crippen MR) is 40.2 cm³/mol. The van der Waals surface area contributed by atoms with E-state index in [1.807, 2.05) is 0 Å². The van der Waals surface area contributed by atoms with Gasteiger partial charge in [0, 0.05) is 12.6 Å². The molecule has 0 bridgehead atoms. The average Bonchev–Trinajstić information content (AvgIpc) is 2.76. The van der Waals surface area contributed by atoms with Gasteiger partial charge in [0.15, 0.2) is 0 Å². The van der Waals surface area contributed by atoms with Crippen LogP contribution in [0, 0.1) is 0 Å². The smallest absolute Gasteiger partial charge is 0.285 e. The minimum absolute atomic E-state index is 0.212. The summed E-state index contributed by atoms with van der Waals surface area (Å²) < 4.78 is 25.9. The summed E-state index contributed by atoms with van der Waals surface area (Å²) in [7, 11) is 0. The molecule has 0 aromatic heterocycles. The van der Waals surface area contributed by atoms with Gasteiger partial charge in [-0.1, -0.05) is 0 Å². The van der Waals surface area contributed by atoms with Crippen molar-refractivity contribution >= 4 is 0 Å². The monoisotopic (exact) mass is 177 g/mol. The fraction of sp³-hybridized carbons (Fsp3) is 1.00. The van der Waals surface area contributed by atoms with Gasteiger partial charge in [-0.15, -0.1) is 0 Å². The van der Waals surface area contributed by atoms with Gasteiger partial charge in [0.25, 0.3) is 5.92 Å². The summed E-state index contributed by atoms with van der Waals surface area (Å²) in [5.74, 6) is -2.89. The number of alkyl halides is 2. The second kappa shape index (κ2) is 2.64. The quantitative estimate of drug-likeness (QED) is 0.642. The molecule has 2 aliphatic rings. The molecule has 2 fully saturated rings. The van der Waals surface area contributed by atoms with E-state index >= 15 is 0 Å². The van der Waals surface area contributed by atoms with Crippen LogP contribution in [-0.2, 0) is 0 Å². The number of likely N-dealkylation sites (tertiary alicyclic amines) is 1. The number of hydrogen-bond acceptors (Lipinski definition) is 2. The standard InChI is InChI=1S/C8H13F2NO/c9-8(10)5-11(6-1-2-6)4-3-7(8)12/h6-7,12H,1-5H2. The highest BCUT2D eigenvalue weighted by Crippen LogP contribution is 2.34. The van der Waals surface area contributed by atoms with Gasteiger partial charge in [-0.3, -0.25) is 4.90 Å². The van der Waals surface area contributed by atoms with Gasteiger partial charge in [0.05, 0.1) is 6.54 Å². The van der Waals surface area contributed by atoms with E-state index in [1.165, 1.54) is 0 Å². The van der Waals surface area contributed by atoms with E-state index in [2.05, 4.69) is 0 Å². The van der Waals surface area contributed by atoms with Crippen LogP contribution in [0.2, 0.25) is 0 Å².